The highest BCUT2D eigenvalue weighted by molar-refractivity contribution is 7.92. The molecule has 0 atom stereocenters. The molecule has 0 spiro atoms. The summed E-state index contributed by atoms with van der Waals surface area (Å²) in [7, 11) is -3.49. The molecule has 0 radical (unpaired) electrons. The van der Waals surface area contributed by atoms with Crippen molar-refractivity contribution < 1.29 is 8.42 Å². The number of pyridine rings is 1. The molecule has 3 heterocycles. The second-order valence-corrected chi connectivity index (χ2v) is 8.07. The van der Waals surface area contributed by atoms with Gasteiger partial charge in [0.15, 0.2) is 11.5 Å². The largest absolute Gasteiger partial charge is 0.382 e. The van der Waals surface area contributed by atoms with Crippen LogP contribution in [0.5, 0.6) is 0 Å². The molecule has 138 valence electrons. The van der Waals surface area contributed by atoms with Gasteiger partial charge in [0.25, 0.3) is 0 Å². The number of hydrogen-bond donors (Lipinski definition) is 2. The zero-order valence-corrected chi connectivity index (χ0v) is 15.5. The molecule has 0 amide bonds. The molecule has 0 saturated heterocycles. The van der Waals surface area contributed by atoms with E-state index in [-0.39, 0.29) is 5.82 Å². The van der Waals surface area contributed by atoms with Crippen molar-refractivity contribution in [2.24, 2.45) is 0 Å². The van der Waals surface area contributed by atoms with Crippen LogP contribution >= 0.6 is 0 Å². The SMILES string of the molecule is Cc1cccc2cc(Cn3cnc4c(N)ncnc43)c(NS(C)(=O)=O)nc12. The normalized spacial score (nSPS) is 11.9. The summed E-state index contributed by atoms with van der Waals surface area (Å²) in [6, 6.07) is 7.73. The van der Waals surface area contributed by atoms with Gasteiger partial charge < -0.3 is 10.3 Å². The van der Waals surface area contributed by atoms with Crippen LogP contribution in [-0.4, -0.2) is 39.2 Å². The van der Waals surface area contributed by atoms with Crippen molar-refractivity contribution in [3.63, 3.8) is 0 Å². The summed E-state index contributed by atoms with van der Waals surface area (Å²) >= 11 is 0. The summed E-state index contributed by atoms with van der Waals surface area (Å²) in [5.74, 6) is 0.573. The Bertz CT molecular complexity index is 1280. The minimum Gasteiger partial charge on any atom is -0.382 e. The fourth-order valence-electron chi connectivity index (χ4n) is 2.97. The maximum absolute atomic E-state index is 11.8. The standard InChI is InChI=1S/C17H17N7O2S/c1-10-4-3-5-11-6-12(16(22-13(10)11)23-27(2,25)26)7-24-9-21-14-15(18)19-8-20-17(14)24/h3-6,8-9H,7H2,1-2H3,(H,22,23)(H2,18,19,20). The third-order valence-corrected chi connectivity index (χ3v) is 4.74. The van der Waals surface area contributed by atoms with E-state index in [2.05, 4.69) is 24.7 Å². The topological polar surface area (TPSA) is 129 Å². The maximum atomic E-state index is 11.8. The molecule has 10 heteroatoms. The highest BCUT2D eigenvalue weighted by Gasteiger charge is 2.15. The number of aryl methyl sites for hydroxylation is 1. The fourth-order valence-corrected chi connectivity index (χ4v) is 3.50. The Morgan fingerprint density at radius 2 is 2.00 bits per heavy atom. The lowest BCUT2D eigenvalue weighted by atomic mass is 10.1. The van der Waals surface area contributed by atoms with E-state index in [0.717, 1.165) is 22.7 Å². The number of nitrogens with two attached hydrogens (primary N) is 1. The highest BCUT2D eigenvalue weighted by atomic mass is 32.2. The van der Waals surface area contributed by atoms with Crippen molar-refractivity contribution in [1.82, 2.24) is 24.5 Å². The predicted octanol–water partition coefficient (Wildman–Crippen LogP) is 1.68. The predicted molar refractivity (Wildman–Crippen MR) is 104 cm³/mol. The van der Waals surface area contributed by atoms with Gasteiger partial charge in [-0.05, 0) is 18.6 Å². The Morgan fingerprint density at radius 1 is 1.19 bits per heavy atom. The Balaban J connectivity index is 1.88. The van der Waals surface area contributed by atoms with E-state index in [4.69, 9.17) is 5.73 Å². The Hall–Kier alpha value is -3.27. The van der Waals surface area contributed by atoms with Crippen LogP contribution in [-0.2, 0) is 16.6 Å². The molecule has 3 aromatic heterocycles. The lowest BCUT2D eigenvalue weighted by molar-refractivity contribution is 0.606. The quantitative estimate of drug-likeness (QED) is 0.548. The van der Waals surface area contributed by atoms with Gasteiger partial charge in [0.05, 0.1) is 24.6 Å². The van der Waals surface area contributed by atoms with Crippen LogP contribution < -0.4 is 10.5 Å². The van der Waals surface area contributed by atoms with Crippen LogP contribution in [0.15, 0.2) is 36.9 Å². The van der Waals surface area contributed by atoms with E-state index in [0.29, 0.717) is 29.1 Å². The number of nitrogen functional groups attached to an aromatic ring is 1. The van der Waals surface area contributed by atoms with Gasteiger partial charge in [-0.2, -0.15) is 0 Å². The Labute approximate surface area is 155 Å². The number of aromatic nitrogens is 5. The van der Waals surface area contributed by atoms with Gasteiger partial charge in [-0.3, -0.25) is 4.72 Å². The van der Waals surface area contributed by atoms with Gasteiger partial charge in [0, 0.05) is 10.9 Å². The fraction of sp³-hybridized carbons (Fsp3) is 0.176. The summed E-state index contributed by atoms with van der Waals surface area (Å²) in [6.45, 7) is 2.25. The van der Waals surface area contributed by atoms with E-state index < -0.39 is 10.0 Å². The number of hydrogen-bond acceptors (Lipinski definition) is 7. The van der Waals surface area contributed by atoms with Crippen LogP contribution in [0.4, 0.5) is 11.6 Å². The number of imidazole rings is 1. The second-order valence-electron chi connectivity index (χ2n) is 6.32. The molecule has 0 aliphatic carbocycles. The van der Waals surface area contributed by atoms with Gasteiger partial charge >= 0.3 is 0 Å². The van der Waals surface area contributed by atoms with Gasteiger partial charge in [-0.15, -0.1) is 0 Å². The molecule has 4 rings (SSSR count). The average Bonchev–Trinajstić information content (AvgIpc) is 2.99. The van der Waals surface area contributed by atoms with Crippen molar-refractivity contribution in [3.05, 3.63) is 48.0 Å². The monoisotopic (exact) mass is 383 g/mol. The number of nitrogens with one attached hydrogen (secondary N) is 1. The number of nitrogens with zero attached hydrogens (tertiary/aromatic N) is 5. The summed E-state index contributed by atoms with van der Waals surface area (Å²) < 4.78 is 27.9. The smallest absolute Gasteiger partial charge is 0.230 e. The van der Waals surface area contributed by atoms with Crippen LogP contribution in [0.25, 0.3) is 22.1 Å². The molecule has 3 N–H and O–H groups in total. The molecule has 0 aliphatic rings. The van der Waals surface area contributed by atoms with Crippen molar-refractivity contribution in [1.29, 1.82) is 0 Å². The molecule has 9 nitrogen and oxygen atoms in total. The van der Waals surface area contributed by atoms with Gasteiger partial charge in [-0.1, -0.05) is 18.2 Å². The molecule has 1 aromatic carbocycles. The van der Waals surface area contributed by atoms with Crippen LogP contribution in [0, 0.1) is 6.92 Å². The number of para-hydroxylation sites is 1. The molecular formula is C17H17N7O2S. The molecule has 0 aliphatic heterocycles. The molecule has 4 aromatic rings. The van der Waals surface area contributed by atoms with Crippen molar-refractivity contribution in [2.45, 2.75) is 13.5 Å². The van der Waals surface area contributed by atoms with Crippen LogP contribution in [0.3, 0.4) is 0 Å². The minimum absolute atomic E-state index is 0.281. The van der Waals surface area contributed by atoms with Crippen molar-refractivity contribution >= 4 is 43.7 Å². The number of fused-ring (bicyclic) bond motifs is 2. The lowest BCUT2D eigenvalue weighted by Crippen LogP contribution is -2.14. The number of anilines is 2. The van der Waals surface area contributed by atoms with Gasteiger partial charge in [-0.25, -0.2) is 28.4 Å². The Morgan fingerprint density at radius 3 is 2.78 bits per heavy atom. The summed E-state index contributed by atoms with van der Waals surface area (Å²) in [4.78, 5) is 17.0. The van der Waals surface area contributed by atoms with E-state index >= 15 is 0 Å². The number of rotatable bonds is 4. The summed E-state index contributed by atoms with van der Waals surface area (Å²) in [6.07, 6.45) is 4.06. The summed E-state index contributed by atoms with van der Waals surface area (Å²) in [5.41, 5.74) is 9.30. The third kappa shape index (κ3) is 3.26. The molecule has 0 bridgehead atoms. The maximum Gasteiger partial charge on any atom is 0.230 e. The van der Waals surface area contributed by atoms with Gasteiger partial charge in [0.1, 0.15) is 17.7 Å². The summed E-state index contributed by atoms with van der Waals surface area (Å²) in [5, 5.41) is 0.919. The molecule has 27 heavy (non-hydrogen) atoms. The first-order chi connectivity index (χ1) is 12.8. The highest BCUT2D eigenvalue weighted by Crippen LogP contribution is 2.25. The first kappa shape index (κ1) is 17.2. The van der Waals surface area contributed by atoms with E-state index in [1.807, 2.05) is 31.2 Å². The average molecular weight is 383 g/mol. The zero-order chi connectivity index (χ0) is 19.2. The first-order valence-corrected chi connectivity index (χ1v) is 9.99. The minimum atomic E-state index is -3.49. The number of benzene rings is 1. The van der Waals surface area contributed by atoms with Crippen molar-refractivity contribution in [3.8, 4) is 0 Å². The van der Waals surface area contributed by atoms with E-state index in [9.17, 15) is 8.42 Å². The second kappa shape index (κ2) is 6.16. The lowest BCUT2D eigenvalue weighted by Gasteiger charge is -2.13. The van der Waals surface area contributed by atoms with Gasteiger partial charge in [0.2, 0.25) is 10.0 Å². The van der Waals surface area contributed by atoms with Crippen LogP contribution in [0.1, 0.15) is 11.1 Å². The molecule has 0 unspecified atom stereocenters. The molecular weight excluding hydrogens is 366 g/mol. The van der Waals surface area contributed by atoms with E-state index in [1.165, 1.54) is 6.33 Å². The van der Waals surface area contributed by atoms with Crippen molar-refractivity contribution in [2.75, 3.05) is 16.7 Å². The Kier molecular flexibility index (Phi) is 3.92. The zero-order valence-electron chi connectivity index (χ0n) is 14.7. The third-order valence-electron chi connectivity index (χ3n) is 4.18. The molecule has 0 fully saturated rings. The van der Waals surface area contributed by atoms with Crippen LogP contribution in [0.2, 0.25) is 0 Å². The molecule has 0 saturated carbocycles. The first-order valence-electron chi connectivity index (χ1n) is 8.10. The number of sulfonamides is 1. The van der Waals surface area contributed by atoms with E-state index in [1.54, 1.807) is 10.9 Å².